The highest BCUT2D eigenvalue weighted by molar-refractivity contribution is 5.75. The maximum Gasteiger partial charge on any atom is 0.220 e. The molecule has 0 bridgehead atoms. The summed E-state index contributed by atoms with van der Waals surface area (Å²) in [5.41, 5.74) is 1.29. The first-order valence-corrected chi connectivity index (χ1v) is 9.37. The molecule has 1 aliphatic heterocycles. The Hall–Kier alpha value is -1.43. The smallest absolute Gasteiger partial charge is 0.220 e. The minimum Gasteiger partial charge on any atom is -0.383 e. The number of nitrogens with zero attached hydrogens (tertiary/aromatic N) is 1. The number of amides is 1. The molecule has 1 aromatic carbocycles. The van der Waals surface area contributed by atoms with Crippen molar-refractivity contribution >= 4 is 5.91 Å². The molecule has 0 radical (unpaired) electrons. The summed E-state index contributed by atoms with van der Waals surface area (Å²) < 4.78 is 10.7. The van der Waals surface area contributed by atoms with Gasteiger partial charge >= 0.3 is 0 Å². The van der Waals surface area contributed by atoms with Crippen LogP contribution in [0.1, 0.15) is 24.8 Å². The van der Waals surface area contributed by atoms with Gasteiger partial charge in [-0.1, -0.05) is 30.3 Å². The molecule has 5 nitrogen and oxygen atoms in total. The van der Waals surface area contributed by atoms with Gasteiger partial charge in [-0.05, 0) is 37.3 Å². The fourth-order valence-electron chi connectivity index (χ4n) is 3.12. The lowest BCUT2D eigenvalue weighted by Gasteiger charge is -2.15. The van der Waals surface area contributed by atoms with Gasteiger partial charge in [-0.15, -0.1) is 0 Å². The number of ether oxygens (including phenoxy) is 2. The Bertz CT molecular complexity index is 481. The highest BCUT2D eigenvalue weighted by atomic mass is 16.5. The number of nitrogens with one attached hydrogen (secondary N) is 1. The van der Waals surface area contributed by atoms with Crippen molar-refractivity contribution in [3.8, 4) is 0 Å². The van der Waals surface area contributed by atoms with Gasteiger partial charge in [0.25, 0.3) is 0 Å². The Morgan fingerprint density at radius 3 is 2.88 bits per heavy atom. The van der Waals surface area contributed by atoms with Crippen molar-refractivity contribution in [1.82, 2.24) is 10.2 Å². The molecule has 140 valence electrons. The Morgan fingerprint density at radius 2 is 2.08 bits per heavy atom. The predicted octanol–water partition coefficient (Wildman–Crippen LogP) is 2.11. The molecular formula is C20H32N2O3. The van der Waals surface area contributed by atoms with E-state index in [1.807, 2.05) is 18.2 Å². The zero-order valence-electron chi connectivity index (χ0n) is 15.4. The number of hydrogen-bond acceptors (Lipinski definition) is 4. The van der Waals surface area contributed by atoms with Crippen LogP contribution in [-0.4, -0.2) is 63.9 Å². The lowest BCUT2D eigenvalue weighted by Crippen LogP contribution is -2.31. The first-order chi connectivity index (χ1) is 12.3. The van der Waals surface area contributed by atoms with Gasteiger partial charge < -0.3 is 19.7 Å². The molecule has 2 rings (SSSR count). The quantitative estimate of drug-likeness (QED) is 0.588. The van der Waals surface area contributed by atoms with E-state index in [-0.39, 0.29) is 5.91 Å². The average Bonchev–Trinajstić information content (AvgIpc) is 3.10. The molecular weight excluding hydrogens is 316 g/mol. The third-order valence-electron chi connectivity index (χ3n) is 4.64. The van der Waals surface area contributed by atoms with Crippen molar-refractivity contribution in [3.63, 3.8) is 0 Å². The minimum absolute atomic E-state index is 0.141. The third kappa shape index (κ3) is 8.47. The van der Waals surface area contributed by atoms with Gasteiger partial charge in [0, 0.05) is 39.8 Å². The van der Waals surface area contributed by atoms with Gasteiger partial charge in [0.15, 0.2) is 0 Å². The number of likely N-dealkylation sites (tertiary alicyclic amines) is 1. The largest absolute Gasteiger partial charge is 0.383 e. The summed E-state index contributed by atoms with van der Waals surface area (Å²) in [5.74, 6) is 0.713. The van der Waals surface area contributed by atoms with E-state index in [2.05, 4.69) is 22.3 Å². The number of carbonyl (C=O) groups excluding carboxylic acids is 1. The van der Waals surface area contributed by atoms with Crippen LogP contribution in [0.15, 0.2) is 30.3 Å². The Morgan fingerprint density at radius 1 is 1.24 bits per heavy atom. The molecule has 0 unspecified atom stereocenters. The first-order valence-electron chi connectivity index (χ1n) is 9.37. The summed E-state index contributed by atoms with van der Waals surface area (Å²) >= 11 is 0. The van der Waals surface area contributed by atoms with E-state index >= 15 is 0 Å². The van der Waals surface area contributed by atoms with Crippen LogP contribution in [0.2, 0.25) is 0 Å². The number of hydrogen-bond donors (Lipinski definition) is 1. The van der Waals surface area contributed by atoms with E-state index < -0.39 is 0 Å². The molecule has 25 heavy (non-hydrogen) atoms. The van der Waals surface area contributed by atoms with Crippen LogP contribution in [0.25, 0.3) is 0 Å². The van der Waals surface area contributed by atoms with E-state index in [9.17, 15) is 4.79 Å². The van der Waals surface area contributed by atoms with Crippen LogP contribution >= 0.6 is 0 Å². The van der Waals surface area contributed by atoms with Crippen LogP contribution in [0.3, 0.4) is 0 Å². The van der Waals surface area contributed by atoms with Crippen molar-refractivity contribution in [2.45, 2.75) is 25.7 Å². The Labute approximate surface area is 151 Å². The molecule has 1 heterocycles. The maximum atomic E-state index is 11.9. The number of rotatable bonds is 12. The van der Waals surface area contributed by atoms with Crippen molar-refractivity contribution < 1.29 is 14.3 Å². The van der Waals surface area contributed by atoms with Crippen LogP contribution in [0.4, 0.5) is 0 Å². The summed E-state index contributed by atoms with van der Waals surface area (Å²) in [6.45, 7) is 6.09. The van der Waals surface area contributed by atoms with Crippen molar-refractivity contribution in [2.75, 3.05) is 53.1 Å². The molecule has 0 spiro atoms. The second-order valence-electron chi connectivity index (χ2n) is 6.70. The van der Waals surface area contributed by atoms with E-state index in [1.54, 1.807) is 7.11 Å². The molecule has 5 heteroatoms. The second-order valence-corrected chi connectivity index (χ2v) is 6.70. The second kappa shape index (κ2) is 12.0. The van der Waals surface area contributed by atoms with E-state index in [4.69, 9.17) is 9.47 Å². The standard InChI is InChI=1S/C20H32N2O3/c1-24-15-12-22-11-9-19(17-22)16-21-20(23)8-5-13-25-14-10-18-6-3-2-4-7-18/h2-4,6-7,19H,5,8-17H2,1H3,(H,21,23)/t19-/m0/s1. The van der Waals surface area contributed by atoms with Crippen LogP contribution < -0.4 is 5.32 Å². The molecule has 0 aromatic heterocycles. The fraction of sp³-hybridized carbons (Fsp3) is 0.650. The molecule has 1 fully saturated rings. The summed E-state index contributed by atoms with van der Waals surface area (Å²) in [6.07, 6.45) is 3.41. The van der Waals surface area contributed by atoms with Gasteiger partial charge in [0.1, 0.15) is 0 Å². The Balaban J connectivity index is 1.44. The number of methoxy groups -OCH3 is 1. The van der Waals surface area contributed by atoms with Crippen LogP contribution in [0.5, 0.6) is 0 Å². The number of carbonyl (C=O) groups is 1. The molecule has 1 amide bonds. The molecule has 0 aliphatic carbocycles. The minimum atomic E-state index is 0.141. The first kappa shape index (κ1) is 19.9. The summed E-state index contributed by atoms with van der Waals surface area (Å²) in [6, 6.07) is 10.3. The van der Waals surface area contributed by atoms with E-state index in [0.717, 1.165) is 52.0 Å². The average molecular weight is 348 g/mol. The highest BCUT2D eigenvalue weighted by Crippen LogP contribution is 2.14. The number of benzene rings is 1. The van der Waals surface area contributed by atoms with Gasteiger partial charge in [0.05, 0.1) is 13.2 Å². The predicted molar refractivity (Wildman–Crippen MR) is 99.6 cm³/mol. The molecule has 1 N–H and O–H groups in total. The molecule has 1 saturated heterocycles. The van der Waals surface area contributed by atoms with Crippen LogP contribution in [-0.2, 0) is 20.7 Å². The molecule has 1 aromatic rings. The van der Waals surface area contributed by atoms with Gasteiger partial charge in [0.2, 0.25) is 5.91 Å². The van der Waals surface area contributed by atoms with Crippen molar-refractivity contribution in [1.29, 1.82) is 0 Å². The SMILES string of the molecule is COCCN1CC[C@@H](CNC(=O)CCCOCCc2ccccc2)C1. The van der Waals surface area contributed by atoms with Crippen LogP contribution in [0, 0.1) is 5.92 Å². The lowest BCUT2D eigenvalue weighted by molar-refractivity contribution is -0.121. The highest BCUT2D eigenvalue weighted by Gasteiger charge is 2.22. The third-order valence-corrected chi connectivity index (χ3v) is 4.64. The molecule has 0 saturated carbocycles. The zero-order valence-corrected chi connectivity index (χ0v) is 15.4. The van der Waals surface area contributed by atoms with Gasteiger partial charge in [-0.2, -0.15) is 0 Å². The van der Waals surface area contributed by atoms with Gasteiger partial charge in [-0.25, -0.2) is 0 Å². The van der Waals surface area contributed by atoms with Crippen molar-refractivity contribution in [3.05, 3.63) is 35.9 Å². The normalized spacial score (nSPS) is 17.7. The lowest BCUT2D eigenvalue weighted by atomic mass is 10.1. The summed E-state index contributed by atoms with van der Waals surface area (Å²) in [4.78, 5) is 14.3. The topological polar surface area (TPSA) is 50.8 Å². The Kier molecular flexibility index (Phi) is 9.55. The molecule has 1 aliphatic rings. The zero-order chi connectivity index (χ0) is 17.7. The van der Waals surface area contributed by atoms with E-state index in [0.29, 0.717) is 25.6 Å². The summed E-state index contributed by atoms with van der Waals surface area (Å²) in [7, 11) is 1.74. The fourth-order valence-corrected chi connectivity index (χ4v) is 3.12. The molecule has 1 atom stereocenters. The van der Waals surface area contributed by atoms with E-state index in [1.165, 1.54) is 5.56 Å². The monoisotopic (exact) mass is 348 g/mol. The van der Waals surface area contributed by atoms with Crippen molar-refractivity contribution in [2.24, 2.45) is 5.92 Å². The maximum absolute atomic E-state index is 11.9. The van der Waals surface area contributed by atoms with Gasteiger partial charge in [-0.3, -0.25) is 4.79 Å². The summed E-state index contributed by atoms with van der Waals surface area (Å²) in [5, 5.41) is 3.07.